The second-order valence-corrected chi connectivity index (χ2v) is 8.97. The third-order valence-corrected chi connectivity index (χ3v) is 6.77. The van der Waals surface area contributed by atoms with E-state index in [0.29, 0.717) is 30.2 Å². The van der Waals surface area contributed by atoms with E-state index in [1.807, 2.05) is 17.5 Å². The Hall–Kier alpha value is -2.64. The smallest absolute Gasteiger partial charge is 0.308 e. The predicted octanol–water partition coefficient (Wildman–Crippen LogP) is 5.45. The van der Waals surface area contributed by atoms with Gasteiger partial charge in [0, 0.05) is 34.3 Å². The molecule has 0 aliphatic carbocycles. The van der Waals surface area contributed by atoms with Crippen molar-refractivity contribution in [1.29, 1.82) is 0 Å². The minimum Gasteiger partial charge on any atom is -0.481 e. The maximum absolute atomic E-state index is 13.4. The van der Waals surface area contributed by atoms with E-state index in [1.54, 1.807) is 24.0 Å². The molecule has 2 heterocycles. The number of piperidine rings is 1. The second kappa shape index (κ2) is 8.85. The van der Waals surface area contributed by atoms with Crippen LogP contribution in [0, 0.1) is 11.7 Å². The van der Waals surface area contributed by atoms with E-state index >= 15 is 0 Å². The van der Waals surface area contributed by atoms with Crippen LogP contribution in [-0.4, -0.2) is 41.1 Å². The molecule has 31 heavy (non-hydrogen) atoms. The molecule has 1 aliphatic heterocycles. The Labute approximate surface area is 188 Å². The Morgan fingerprint density at radius 2 is 2.06 bits per heavy atom. The fraction of sp³-hybridized carbons (Fsp3) is 0.304. The van der Waals surface area contributed by atoms with E-state index in [2.05, 4.69) is 0 Å². The average Bonchev–Trinajstić information content (AvgIpc) is 3.16. The van der Waals surface area contributed by atoms with Crippen LogP contribution in [0.25, 0.3) is 21.2 Å². The quantitative estimate of drug-likeness (QED) is 0.548. The summed E-state index contributed by atoms with van der Waals surface area (Å²) in [5.74, 6) is -1.43. The molecule has 0 spiro atoms. The lowest BCUT2D eigenvalue weighted by Crippen LogP contribution is -2.47. The molecule has 1 N–H and O–H groups in total. The van der Waals surface area contributed by atoms with Gasteiger partial charge in [-0.25, -0.2) is 4.39 Å². The number of hydrogen-bond donors (Lipinski definition) is 1. The molecule has 1 saturated heterocycles. The molecule has 1 amide bonds. The number of benzene rings is 2. The molecule has 2 aromatic carbocycles. The molecule has 5 nitrogen and oxygen atoms in total. The molecular formula is C23H21ClFNO4S. The maximum Gasteiger partial charge on any atom is 0.308 e. The van der Waals surface area contributed by atoms with Crippen molar-refractivity contribution in [3.63, 3.8) is 0 Å². The summed E-state index contributed by atoms with van der Waals surface area (Å²) in [7, 11) is 0. The number of carbonyl (C=O) groups is 2. The SMILES string of the molecule is C[C@@H](Oc1ccc2c(-c3ccc(F)cc3Cl)csc2c1)C(=O)N1CCC[C@H](C(=O)O)C1. The highest BCUT2D eigenvalue weighted by Gasteiger charge is 2.31. The Morgan fingerprint density at radius 3 is 2.81 bits per heavy atom. The topological polar surface area (TPSA) is 66.8 Å². The summed E-state index contributed by atoms with van der Waals surface area (Å²) in [5.41, 5.74) is 1.67. The largest absolute Gasteiger partial charge is 0.481 e. The summed E-state index contributed by atoms with van der Waals surface area (Å²) < 4.78 is 20.2. The molecule has 0 bridgehead atoms. The van der Waals surface area contributed by atoms with Crippen molar-refractivity contribution < 1.29 is 23.8 Å². The van der Waals surface area contributed by atoms with Crippen molar-refractivity contribution in [1.82, 2.24) is 4.90 Å². The highest BCUT2D eigenvalue weighted by molar-refractivity contribution is 7.17. The van der Waals surface area contributed by atoms with E-state index in [-0.39, 0.29) is 18.3 Å². The van der Waals surface area contributed by atoms with Crippen molar-refractivity contribution in [2.75, 3.05) is 13.1 Å². The van der Waals surface area contributed by atoms with Gasteiger partial charge in [-0.2, -0.15) is 0 Å². The van der Waals surface area contributed by atoms with Crippen LogP contribution < -0.4 is 4.74 Å². The lowest BCUT2D eigenvalue weighted by molar-refractivity contribution is -0.147. The summed E-state index contributed by atoms with van der Waals surface area (Å²) in [6.07, 6.45) is 0.533. The minimum absolute atomic E-state index is 0.212. The molecule has 8 heteroatoms. The number of halogens is 2. The molecule has 3 aromatic rings. The number of aliphatic carboxylic acids is 1. The lowest BCUT2D eigenvalue weighted by Gasteiger charge is -2.32. The van der Waals surface area contributed by atoms with Crippen LogP contribution in [0.4, 0.5) is 4.39 Å². The van der Waals surface area contributed by atoms with E-state index in [1.165, 1.54) is 23.5 Å². The van der Waals surface area contributed by atoms with Gasteiger partial charge in [-0.15, -0.1) is 11.3 Å². The fourth-order valence-corrected chi connectivity index (χ4v) is 5.15. The van der Waals surface area contributed by atoms with Crippen molar-refractivity contribution >= 4 is 44.9 Å². The Kier molecular flexibility index (Phi) is 6.16. The van der Waals surface area contributed by atoms with Gasteiger partial charge in [0.15, 0.2) is 6.10 Å². The Morgan fingerprint density at radius 1 is 1.26 bits per heavy atom. The van der Waals surface area contributed by atoms with Gasteiger partial charge in [0.1, 0.15) is 11.6 Å². The number of carbonyl (C=O) groups excluding carboxylic acids is 1. The number of nitrogens with zero attached hydrogens (tertiary/aromatic N) is 1. The summed E-state index contributed by atoms with van der Waals surface area (Å²) in [4.78, 5) is 25.6. The summed E-state index contributed by atoms with van der Waals surface area (Å²) >= 11 is 7.73. The number of fused-ring (bicyclic) bond motifs is 1. The van der Waals surface area contributed by atoms with E-state index in [9.17, 15) is 19.1 Å². The number of hydrogen-bond acceptors (Lipinski definition) is 4. The molecule has 4 rings (SSSR count). The molecular weight excluding hydrogens is 441 g/mol. The van der Waals surface area contributed by atoms with Gasteiger partial charge in [-0.1, -0.05) is 11.6 Å². The lowest BCUT2D eigenvalue weighted by atomic mass is 9.98. The van der Waals surface area contributed by atoms with Crippen LogP contribution >= 0.6 is 22.9 Å². The van der Waals surface area contributed by atoms with Gasteiger partial charge >= 0.3 is 5.97 Å². The van der Waals surface area contributed by atoms with Crippen LogP contribution in [0.3, 0.4) is 0 Å². The molecule has 1 aliphatic rings. The predicted molar refractivity (Wildman–Crippen MR) is 119 cm³/mol. The molecule has 0 saturated carbocycles. The third-order valence-electron chi connectivity index (χ3n) is 5.51. The fourth-order valence-electron chi connectivity index (χ4n) is 3.89. The molecule has 2 atom stereocenters. The van der Waals surface area contributed by atoms with Crippen LogP contribution in [-0.2, 0) is 9.59 Å². The van der Waals surface area contributed by atoms with Gasteiger partial charge in [-0.05, 0) is 61.5 Å². The van der Waals surface area contributed by atoms with Gasteiger partial charge in [0.2, 0.25) is 0 Å². The number of thiophene rings is 1. The Bertz CT molecular complexity index is 1150. The zero-order valence-corrected chi connectivity index (χ0v) is 18.4. The van der Waals surface area contributed by atoms with E-state index < -0.39 is 18.0 Å². The van der Waals surface area contributed by atoms with Gasteiger partial charge < -0.3 is 14.7 Å². The average molecular weight is 462 g/mol. The van der Waals surface area contributed by atoms with E-state index in [0.717, 1.165) is 21.2 Å². The molecule has 0 radical (unpaired) electrons. The number of carboxylic acids is 1. The summed E-state index contributed by atoms with van der Waals surface area (Å²) in [6.45, 7) is 2.44. The molecule has 162 valence electrons. The van der Waals surface area contributed by atoms with Crippen molar-refractivity contribution in [3.05, 3.63) is 52.6 Å². The molecule has 1 aromatic heterocycles. The monoisotopic (exact) mass is 461 g/mol. The van der Waals surface area contributed by atoms with Crippen molar-refractivity contribution in [3.8, 4) is 16.9 Å². The zero-order valence-electron chi connectivity index (χ0n) is 16.8. The van der Waals surface area contributed by atoms with Crippen LogP contribution in [0.2, 0.25) is 5.02 Å². The van der Waals surface area contributed by atoms with Crippen LogP contribution in [0.1, 0.15) is 19.8 Å². The first-order valence-electron chi connectivity index (χ1n) is 9.98. The van der Waals surface area contributed by atoms with Crippen molar-refractivity contribution in [2.24, 2.45) is 5.92 Å². The standard InChI is InChI=1S/C23H21ClFNO4S/c1-13(22(27)26-8-2-3-14(11-26)23(28)29)30-16-5-7-18-19(12-31-21(18)10-16)17-6-4-15(25)9-20(17)24/h4-7,9-10,12-14H,2-3,8,11H2,1H3,(H,28,29)/t13-,14+/m1/s1. The highest BCUT2D eigenvalue weighted by atomic mass is 35.5. The number of ether oxygens (including phenoxy) is 1. The number of carboxylic acid groups (broad SMARTS) is 1. The zero-order chi connectivity index (χ0) is 22.1. The second-order valence-electron chi connectivity index (χ2n) is 7.65. The summed E-state index contributed by atoms with van der Waals surface area (Å²) in [5, 5.41) is 12.5. The van der Waals surface area contributed by atoms with Crippen LogP contribution in [0.15, 0.2) is 41.8 Å². The normalized spacial score (nSPS) is 17.5. The first kappa shape index (κ1) is 21.6. The minimum atomic E-state index is -0.869. The van der Waals surface area contributed by atoms with Gasteiger partial charge in [-0.3, -0.25) is 9.59 Å². The first-order chi connectivity index (χ1) is 14.8. The number of amides is 1. The van der Waals surface area contributed by atoms with Gasteiger partial charge in [0.05, 0.1) is 10.9 Å². The maximum atomic E-state index is 13.4. The first-order valence-corrected chi connectivity index (χ1v) is 11.2. The van der Waals surface area contributed by atoms with Gasteiger partial charge in [0.25, 0.3) is 5.91 Å². The van der Waals surface area contributed by atoms with E-state index in [4.69, 9.17) is 16.3 Å². The Balaban J connectivity index is 1.50. The number of likely N-dealkylation sites (tertiary alicyclic amines) is 1. The van der Waals surface area contributed by atoms with Crippen molar-refractivity contribution in [2.45, 2.75) is 25.9 Å². The number of rotatable bonds is 5. The van der Waals surface area contributed by atoms with Crippen LogP contribution in [0.5, 0.6) is 5.75 Å². The highest BCUT2D eigenvalue weighted by Crippen LogP contribution is 2.39. The third kappa shape index (κ3) is 4.52. The molecule has 0 unspecified atom stereocenters. The summed E-state index contributed by atoms with van der Waals surface area (Å²) in [6, 6.07) is 9.88. The molecule has 1 fully saturated rings.